The first-order chi connectivity index (χ1) is 23.7. The maximum absolute atomic E-state index is 9.37. The van der Waals surface area contributed by atoms with Crippen LogP contribution in [0.25, 0.3) is 44.2 Å². The van der Waals surface area contributed by atoms with Crippen molar-refractivity contribution in [1.29, 1.82) is 5.26 Å². The highest BCUT2D eigenvalue weighted by Crippen LogP contribution is 2.37. The van der Waals surface area contributed by atoms with Gasteiger partial charge in [0.1, 0.15) is 12.0 Å². The van der Waals surface area contributed by atoms with E-state index in [1.54, 1.807) is 0 Å². The van der Waals surface area contributed by atoms with Crippen LogP contribution in [-0.4, -0.2) is 11.7 Å². The second kappa shape index (κ2) is 12.7. The molecule has 0 aromatic heterocycles. The third-order valence-corrected chi connectivity index (χ3v) is 8.77. The molecule has 0 amide bonds. The molecule has 0 spiro atoms. The van der Waals surface area contributed by atoms with Crippen LogP contribution in [0.1, 0.15) is 28.4 Å². The van der Waals surface area contributed by atoms with Crippen LogP contribution in [0.3, 0.4) is 0 Å². The van der Waals surface area contributed by atoms with Gasteiger partial charge in [-0.1, -0.05) is 146 Å². The van der Waals surface area contributed by atoms with Crippen LogP contribution in [0.5, 0.6) is 0 Å². The smallest absolute Gasteiger partial charge is 0.159 e. The molecule has 1 aliphatic rings. The average Bonchev–Trinajstić information content (AvgIpc) is 3.18. The molecule has 1 heterocycles. The van der Waals surface area contributed by atoms with Crippen molar-refractivity contribution in [2.75, 3.05) is 0 Å². The predicted octanol–water partition coefficient (Wildman–Crippen LogP) is 10.2. The number of hydrogen-bond acceptors (Lipinski definition) is 4. The lowest BCUT2D eigenvalue weighted by Gasteiger charge is -2.23. The van der Waals surface area contributed by atoms with Crippen molar-refractivity contribution in [3.8, 4) is 39.4 Å². The summed E-state index contributed by atoms with van der Waals surface area (Å²) in [5.41, 5.74) is 10.4. The van der Waals surface area contributed by atoms with Crippen molar-refractivity contribution in [1.82, 2.24) is 5.32 Å². The number of amidine groups is 2. The van der Waals surface area contributed by atoms with E-state index in [-0.39, 0.29) is 6.17 Å². The average molecular weight is 615 g/mol. The fraction of sp³-hybridized carbons (Fsp3) is 0.0227. The summed E-state index contributed by atoms with van der Waals surface area (Å²) in [5.74, 6) is 1.50. The first kappa shape index (κ1) is 28.9. The fourth-order valence-corrected chi connectivity index (χ4v) is 6.25. The monoisotopic (exact) mass is 614 g/mol. The summed E-state index contributed by atoms with van der Waals surface area (Å²) in [6.45, 7) is 0. The third kappa shape index (κ3) is 5.77. The molecule has 1 atom stereocenters. The van der Waals surface area contributed by atoms with E-state index in [4.69, 9.17) is 9.98 Å². The number of fused-ring (bicyclic) bond motifs is 1. The molecular formula is C44H30N4. The summed E-state index contributed by atoms with van der Waals surface area (Å²) in [5, 5.41) is 15.3. The summed E-state index contributed by atoms with van der Waals surface area (Å²) in [7, 11) is 0. The Morgan fingerprint density at radius 3 is 1.65 bits per heavy atom. The molecule has 1 N–H and O–H groups in total. The standard InChI is InChI=1S/C44H30N4/c45-29-30-10-9-17-37(26-30)31-18-20-32(21-19-31)40-27-38-15-7-8-16-39(38)28-41(40)33-22-24-36(25-23-33)44-47-42(34-11-3-1-4-12-34)46-43(48-44)35-13-5-2-6-14-35/h1-28,42H,(H,46,47,48). The molecule has 0 fully saturated rings. The van der Waals surface area contributed by atoms with Gasteiger partial charge in [0.15, 0.2) is 5.84 Å². The molecule has 0 saturated heterocycles. The summed E-state index contributed by atoms with van der Waals surface area (Å²) in [6.07, 6.45) is -0.244. The van der Waals surface area contributed by atoms with Crippen LogP contribution >= 0.6 is 0 Å². The Balaban J connectivity index is 1.18. The Labute approximate surface area is 280 Å². The Morgan fingerprint density at radius 2 is 1.02 bits per heavy atom. The molecule has 0 bridgehead atoms. The fourth-order valence-electron chi connectivity index (χ4n) is 6.25. The minimum Gasteiger partial charge on any atom is -0.344 e. The SMILES string of the molecule is N#Cc1cccc(-c2ccc(-c3cc4ccccc4cc3-c3ccc(C4=NC(c5ccccc5)NC(c5ccccc5)=N4)cc3)cc2)c1. The number of nitrogens with one attached hydrogen (secondary N) is 1. The van der Waals surface area contributed by atoms with Gasteiger partial charge in [-0.05, 0) is 74.0 Å². The number of nitrogens with zero attached hydrogens (tertiary/aromatic N) is 3. The van der Waals surface area contributed by atoms with Gasteiger partial charge >= 0.3 is 0 Å². The van der Waals surface area contributed by atoms with Gasteiger partial charge in [-0.25, -0.2) is 9.98 Å². The van der Waals surface area contributed by atoms with Gasteiger partial charge < -0.3 is 5.32 Å². The Hall–Kier alpha value is -6.57. The Bertz CT molecular complexity index is 2350. The lowest BCUT2D eigenvalue weighted by Crippen LogP contribution is -2.33. The van der Waals surface area contributed by atoms with Crippen LogP contribution in [0.2, 0.25) is 0 Å². The van der Waals surface area contributed by atoms with Gasteiger partial charge in [-0.2, -0.15) is 5.26 Å². The van der Waals surface area contributed by atoms with Crippen LogP contribution in [0, 0.1) is 11.3 Å². The zero-order valence-corrected chi connectivity index (χ0v) is 26.1. The molecule has 0 radical (unpaired) electrons. The second-order valence-electron chi connectivity index (χ2n) is 11.8. The van der Waals surface area contributed by atoms with Gasteiger partial charge in [-0.15, -0.1) is 0 Å². The molecule has 48 heavy (non-hydrogen) atoms. The van der Waals surface area contributed by atoms with Gasteiger partial charge in [0.25, 0.3) is 0 Å². The molecule has 7 aromatic carbocycles. The number of nitriles is 1. The minimum atomic E-state index is -0.244. The van der Waals surface area contributed by atoms with E-state index in [9.17, 15) is 5.26 Å². The zero-order chi connectivity index (χ0) is 32.3. The van der Waals surface area contributed by atoms with Crippen LogP contribution in [0.15, 0.2) is 180 Å². The maximum Gasteiger partial charge on any atom is 0.159 e. The van der Waals surface area contributed by atoms with E-state index >= 15 is 0 Å². The number of rotatable bonds is 6. The molecule has 1 unspecified atom stereocenters. The van der Waals surface area contributed by atoms with Crippen molar-refractivity contribution in [2.45, 2.75) is 6.17 Å². The quantitative estimate of drug-likeness (QED) is 0.203. The van der Waals surface area contributed by atoms with Crippen LogP contribution in [0.4, 0.5) is 0 Å². The van der Waals surface area contributed by atoms with Gasteiger partial charge in [0, 0.05) is 11.1 Å². The van der Waals surface area contributed by atoms with E-state index in [2.05, 4.69) is 121 Å². The van der Waals surface area contributed by atoms with E-state index < -0.39 is 0 Å². The molecule has 4 nitrogen and oxygen atoms in total. The molecule has 0 saturated carbocycles. The molecule has 1 aliphatic heterocycles. The van der Waals surface area contributed by atoms with Gasteiger partial charge in [0.2, 0.25) is 0 Å². The molecule has 0 aliphatic carbocycles. The minimum absolute atomic E-state index is 0.244. The lowest BCUT2D eigenvalue weighted by atomic mass is 9.90. The largest absolute Gasteiger partial charge is 0.344 e. The van der Waals surface area contributed by atoms with Crippen molar-refractivity contribution in [3.05, 3.63) is 192 Å². The first-order valence-corrected chi connectivity index (χ1v) is 16.0. The summed E-state index contributed by atoms with van der Waals surface area (Å²) >= 11 is 0. The van der Waals surface area contributed by atoms with Gasteiger partial charge in [0.05, 0.1) is 11.6 Å². The topological polar surface area (TPSA) is 60.5 Å². The summed E-state index contributed by atoms with van der Waals surface area (Å²) in [6, 6.07) is 60.7. The highest BCUT2D eigenvalue weighted by atomic mass is 15.2. The molecule has 7 aromatic rings. The Morgan fingerprint density at radius 1 is 0.479 bits per heavy atom. The molecule has 4 heteroatoms. The van der Waals surface area contributed by atoms with E-state index in [0.29, 0.717) is 11.4 Å². The number of aliphatic imine (C=N–C) groups is 2. The van der Waals surface area contributed by atoms with Crippen molar-refractivity contribution < 1.29 is 0 Å². The second-order valence-corrected chi connectivity index (χ2v) is 11.8. The molecule has 8 rings (SSSR count). The maximum atomic E-state index is 9.37. The van der Waals surface area contributed by atoms with E-state index in [1.807, 2.05) is 60.7 Å². The Kier molecular flexibility index (Phi) is 7.62. The number of benzene rings is 7. The van der Waals surface area contributed by atoms with Crippen LogP contribution in [-0.2, 0) is 0 Å². The molecule has 226 valence electrons. The highest BCUT2D eigenvalue weighted by Gasteiger charge is 2.21. The zero-order valence-electron chi connectivity index (χ0n) is 26.1. The van der Waals surface area contributed by atoms with E-state index in [1.165, 1.54) is 10.8 Å². The molecular weight excluding hydrogens is 585 g/mol. The van der Waals surface area contributed by atoms with E-state index in [0.717, 1.165) is 55.9 Å². The van der Waals surface area contributed by atoms with Gasteiger partial charge in [-0.3, -0.25) is 0 Å². The lowest BCUT2D eigenvalue weighted by molar-refractivity contribution is 0.674. The summed E-state index contributed by atoms with van der Waals surface area (Å²) < 4.78 is 0. The summed E-state index contributed by atoms with van der Waals surface area (Å²) in [4.78, 5) is 10.0. The normalized spacial score (nSPS) is 14.0. The highest BCUT2D eigenvalue weighted by molar-refractivity contribution is 6.13. The van der Waals surface area contributed by atoms with Crippen molar-refractivity contribution in [3.63, 3.8) is 0 Å². The van der Waals surface area contributed by atoms with Crippen molar-refractivity contribution in [2.24, 2.45) is 9.98 Å². The third-order valence-electron chi connectivity index (χ3n) is 8.77. The first-order valence-electron chi connectivity index (χ1n) is 16.0. The predicted molar refractivity (Wildman–Crippen MR) is 197 cm³/mol. The number of hydrogen-bond donors (Lipinski definition) is 1. The van der Waals surface area contributed by atoms with Crippen LogP contribution < -0.4 is 5.32 Å². The van der Waals surface area contributed by atoms with Crippen molar-refractivity contribution >= 4 is 22.4 Å².